The smallest absolute Gasteiger partial charge is 0.224 e. The van der Waals surface area contributed by atoms with Gasteiger partial charge < -0.3 is 5.32 Å². The first kappa shape index (κ1) is 20.2. The van der Waals surface area contributed by atoms with E-state index in [9.17, 15) is 13.2 Å². The first-order valence-corrected chi connectivity index (χ1v) is 11.1. The van der Waals surface area contributed by atoms with Crippen molar-refractivity contribution < 1.29 is 13.2 Å². The SMILES string of the molecule is O=C(Cc1ccc(S(=O)(=O)Cc2ccccc2Br)cc1)NCc1cccnc1. The van der Waals surface area contributed by atoms with Gasteiger partial charge in [-0.05, 0) is 41.0 Å². The van der Waals surface area contributed by atoms with Crippen LogP contribution < -0.4 is 5.32 Å². The van der Waals surface area contributed by atoms with Crippen molar-refractivity contribution in [3.8, 4) is 0 Å². The van der Waals surface area contributed by atoms with Crippen molar-refractivity contribution >= 4 is 31.7 Å². The van der Waals surface area contributed by atoms with Gasteiger partial charge in [0.05, 0.1) is 17.1 Å². The molecule has 28 heavy (non-hydrogen) atoms. The summed E-state index contributed by atoms with van der Waals surface area (Å²) in [4.78, 5) is 16.3. The number of hydrogen-bond acceptors (Lipinski definition) is 4. The number of benzene rings is 2. The highest BCUT2D eigenvalue weighted by molar-refractivity contribution is 9.10. The number of halogens is 1. The summed E-state index contributed by atoms with van der Waals surface area (Å²) in [5.74, 6) is -0.216. The molecule has 0 radical (unpaired) electrons. The lowest BCUT2D eigenvalue weighted by Gasteiger charge is -2.08. The fraction of sp³-hybridized carbons (Fsp3) is 0.143. The molecule has 2 aromatic carbocycles. The summed E-state index contributed by atoms with van der Waals surface area (Å²) in [7, 11) is -3.46. The predicted molar refractivity (Wildman–Crippen MR) is 111 cm³/mol. The van der Waals surface area contributed by atoms with Gasteiger partial charge in [-0.2, -0.15) is 0 Å². The van der Waals surface area contributed by atoms with Crippen LogP contribution >= 0.6 is 15.9 Å². The number of nitrogens with one attached hydrogen (secondary N) is 1. The minimum Gasteiger partial charge on any atom is -0.352 e. The van der Waals surface area contributed by atoms with Crippen molar-refractivity contribution in [3.63, 3.8) is 0 Å². The third-order valence-electron chi connectivity index (χ3n) is 4.16. The van der Waals surface area contributed by atoms with Crippen LogP contribution in [0.25, 0.3) is 0 Å². The lowest BCUT2D eigenvalue weighted by Crippen LogP contribution is -2.24. The first-order chi connectivity index (χ1) is 13.4. The summed E-state index contributed by atoms with van der Waals surface area (Å²) >= 11 is 3.38. The number of aromatic nitrogens is 1. The summed E-state index contributed by atoms with van der Waals surface area (Å²) in [6, 6.07) is 17.4. The van der Waals surface area contributed by atoms with E-state index < -0.39 is 9.84 Å². The number of sulfone groups is 1. The molecule has 3 rings (SSSR count). The van der Waals surface area contributed by atoms with Gasteiger partial charge in [-0.15, -0.1) is 0 Å². The molecular weight excluding hydrogens is 440 g/mol. The minimum atomic E-state index is -3.46. The molecule has 0 bridgehead atoms. The minimum absolute atomic E-state index is 0.0840. The number of pyridine rings is 1. The maximum atomic E-state index is 12.6. The molecule has 1 amide bonds. The maximum Gasteiger partial charge on any atom is 0.224 e. The van der Waals surface area contributed by atoms with Gasteiger partial charge in [0.1, 0.15) is 0 Å². The number of rotatable bonds is 7. The highest BCUT2D eigenvalue weighted by atomic mass is 79.9. The van der Waals surface area contributed by atoms with Crippen LogP contribution in [-0.4, -0.2) is 19.3 Å². The van der Waals surface area contributed by atoms with Gasteiger partial charge >= 0.3 is 0 Å². The molecule has 0 spiro atoms. The Morgan fingerprint density at radius 1 is 0.964 bits per heavy atom. The van der Waals surface area contributed by atoms with Gasteiger partial charge in [0.2, 0.25) is 5.91 Å². The molecule has 0 fully saturated rings. The number of carbonyl (C=O) groups excluding carboxylic acids is 1. The van der Waals surface area contributed by atoms with Crippen molar-refractivity contribution in [2.24, 2.45) is 0 Å². The fourth-order valence-electron chi connectivity index (χ4n) is 2.67. The zero-order valence-electron chi connectivity index (χ0n) is 15.0. The quantitative estimate of drug-likeness (QED) is 0.585. The number of hydrogen-bond donors (Lipinski definition) is 1. The van der Waals surface area contributed by atoms with Crippen LogP contribution in [0.3, 0.4) is 0 Å². The number of amides is 1. The zero-order valence-corrected chi connectivity index (χ0v) is 17.4. The van der Waals surface area contributed by atoms with Crippen molar-refractivity contribution in [1.82, 2.24) is 10.3 Å². The van der Waals surface area contributed by atoms with Crippen LogP contribution in [0.5, 0.6) is 0 Å². The monoisotopic (exact) mass is 458 g/mol. The summed E-state index contributed by atoms with van der Waals surface area (Å²) in [6.07, 6.45) is 3.56. The van der Waals surface area contributed by atoms with Crippen LogP contribution in [0.4, 0.5) is 0 Å². The molecule has 0 saturated carbocycles. The van der Waals surface area contributed by atoms with Crippen LogP contribution in [0, 0.1) is 0 Å². The van der Waals surface area contributed by atoms with Crippen molar-refractivity contribution in [1.29, 1.82) is 0 Å². The van der Waals surface area contributed by atoms with Crippen molar-refractivity contribution in [2.75, 3.05) is 0 Å². The molecule has 0 aliphatic heterocycles. The molecular formula is C21H19BrN2O3S. The standard InChI is InChI=1S/C21H19BrN2O3S/c22-20-6-2-1-5-18(20)15-28(26,27)19-9-7-16(8-10-19)12-21(25)24-14-17-4-3-11-23-13-17/h1-11,13H,12,14-15H2,(H,24,25). The van der Waals surface area contributed by atoms with E-state index in [1.54, 1.807) is 42.7 Å². The topological polar surface area (TPSA) is 76.1 Å². The highest BCUT2D eigenvalue weighted by Crippen LogP contribution is 2.22. The summed E-state index contributed by atoms with van der Waals surface area (Å²) in [5, 5.41) is 2.83. The van der Waals surface area contributed by atoms with Crippen LogP contribution in [0.15, 0.2) is 82.4 Å². The van der Waals surface area contributed by atoms with E-state index in [2.05, 4.69) is 26.2 Å². The Labute approximate surface area is 172 Å². The van der Waals surface area contributed by atoms with Gasteiger partial charge in [-0.1, -0.05) is 52.3 Å². The second kappa shape index (κ2) is 9.12. The molecule has 0 aliphatic rings. The van der Waals surface area contributed by atoms with E-state index in [1.165, 1.54) is 0 Å². The molecule has 5 nitrogen and oxygen atoms in total. The fourth-order valence-corrected chi connectivity index (χ4v) is 4.66. The molecule has 0 aliphatic carbocycles. The Morgan fingerprint density at radius 3 is 2.39 bits per heavy atom. The second-order valence-corrected chi connectivity index (χ2v) is 9.15. The van der Waals surface area contributed by atoms with E-state index in [-0.39, 0.29) is 23.0 Å². The Balaban J connectivity index is 1.61. The molecule has 0 unspecified atom stereocenters. The van der Waals surface area contributed by atoms with Gasteiger partial charge in [0.25, 0.3) is 0 Å². The lowest BCUT2D eigenvalue weighted by molar-refractivity contribution is -0.120. The maximum absolute atomic E-state index is 12.6. The molecule has 0 atom stereocenters. The first-order valence-electron chi connectivity index (χ1n) is 8.65. The van der Waals surface area contributed by atoms with Crippen molar-refractivity contribution in [2.45, 2.75) is 23.6 Å². The van der Waals surface area contributed by atoms with Gasteiger partial charge in [0.15, 0.2) is 9.84 Å². The average molecular weight is 459 g/mol. The Morgan fingerprint density at radius 2 is 1.71 bits per heavy atom. The van der Waals surface area contributed by atoms with Crippen LogP contribution in [0.1, 0.15) is 16.7 Å². The Kier molecular flexibility index (Phi) is 6.59. The van der Waals surface area contributed by atoms with E-state index in [4.69, 9.17) is 0 Å². The summed E-state index contributed by atoms with van der Waals surface area (Å²) in [6.45, 7) is 0.408. The molecule has 1 aromatic heterocycles. The van der Waals surface area contributed by atoms with Crippen LogP contribution in [0.2, 0.25) is 0 Å². The summed E-state index contributed by atoms with van der Waals surface area (Å²) in [5.41, 5.74) is 2.38. The summed E-state index contributed by atoms with van der Waals surface area (Å²) < 4.78 is 26.0. The van der Waals surface area contributed by atoms with Gasteiger partial charge in [-0.3, -0.25) is 9.78 Å². The normalized spacial score (nSPS) is 11.2. The Bertz CT molecular complexity index is 1050. The molecule has 1 N–H and O–H groups in total. The average Bonchev–Trinajstić information content (AvgIpc) is 2.69. The molecule has 144 valence electrons. The third-order valence-corrected chi connectivity index (χ3v) is 6.62. The van der Waals surface area contributed by atoms with E-state index >= 15 is 0 Å². The zero-order chi connectivity index (χ0) is 20.0. The predicted octanol–water partition coefficient (Wildman–Crippen LogP) is 3.68. The number of carbonyl (C=O) groups is 1. The highest BCUT2D eigenvalue weighted by Gasteiger charge is 2.17. The van der Waals surface area contributed by atoms with Gasteiger partial charge in [0, 0.05) is 23.4 Å². The third kappa shape index (κ3) is 5.50. The molecule has 7 heteroatoms. The molecule has 3 aromatic rings. The van der Waals surface area contributed by atoms with Crippen LogP contribution in [-0.2, 0) is 33.4 Å². The number of nitrogens with zero attached hydrogens (tertiary/aromatic N) is 1. The largest absolute Gasteiger partial charge is 0.352 e. The van der Waals surface area contributed by atoms with E-state index in [0.29, 0.717) is 12.1 Å². The van der Waals surface area contributed by atoms with E-state index in [0.717, 1.165) is 15.6 Å². The lowest BCUT2D eigenvalue weighted by atomic mass is 10.1. The van der Waals surface area contributed by atoms with Gasteiger partial charge in [-0.25, -0.2) is 8.42 Å². The second-order valence-electron chi connectivity index (χ2n) is 6.31. The van der Waals surface area contributed by atoms with Crippen molar-refractivity contribution in [3.05, 3.63) is 94.2 Å². The molecule has 0 saturated heterocycles. The molecule has 1 heterocycles. The Hall–Kier alpha value is -2.51. The van der Waals surface area contributed by atoms with E-state index in [1.807, 2.05) is 30.3 Å².